The summed E-state index contributed by atoms with van der Waals surface area (Å²) in [6.45, 7) is 5.04. The molecule has 2 saturated heterocycles. The monoisotopic (exact) mass is 290 g/mol. The third-order valence-electron chi connectivity index (χ3n) is 5.07. The Hall–Kier alpha value is -1.43. The standard InChI is InChI=1S/C15H22N4O2/c1-10-16-14(21-17-10)8-15(20)19-7-5-12-13(19)4-6-18(12)9-11-2-3-11/h11-13H,2-9H2,1H3/t12-,13+/m0/s1. The smallest absolute Gasteiger partial charge is 0.236 e. The fraction of sp³-hybridized carbons (Fsp3) is 0.800. The van der Waals surface area contributed by atoms with E-state index in [4.69, 9.17) is 4.52 Å². The number of hydrogen-bond acceptors (Lipinski definition) is 5. The summed E-state index contributed by atoms with van der Waals surface area (Å²) in [5.41, 5.74) is 0. The molecule has 1 aromatic rings. The Morgan fingerprint density at radius 3 is 2.76 bits per heavy atom. The number of rotatable bonds is 4. The molecule has 1 aromatic heterocycles. The van der Waals surface area contributed by atoms with Gasteiger partial charge in [-0.3, -0.25) is 9.69 Å². The normalized spacial score (nSPS) is 29.1. The highest BCUT2D eigenvalue weighted by molar-refractivity contribution is 5.78. The fourth-order valence-electron chi connectivity index (χ4n) is 3.89. The van der Waals surface area contributed by atoms with Crippen LogP contribution in [0.1, 0.15) is 37.4 Å². The predicted octanol–water partition coefficient (Wildman–Crippen LogP) is 1.01. The predicted molar refractivity (Wildman–Crippen MR) is 75.6 cm³/mol. The van der Waals surface area contributed by atoms with Crippen LogP contribution in [0.15, 0.2) is 4.52 Å². The van der Waals surface area contributed by atoms with E-state index in [9.17, 15) is 4.79 Å². The van der Waals surface area contributed by atoms with Crippen LogP contribution in [-0.2, 0) is 11.2 Å². The van der Waals surface area contributed by atoms with Crippen molar-refractivity contribution in [3.05, 3.63) is 11.7 Å². The average molecular weight is 290 g/mol. The third kappa shape index (κ3) is 2.57. The van der Waals surface area contributed by atoms with E-state index in [0.717, 1.165) is 31.8 Å². The van der Waals surface area contributed by atoms with Crippen molar-refractivity contribution in [1.29, 1.82) is 0 Å². The van der Waals surface area contributed by atoms with E-state index in [1.807, 2.05) is 0 Å². The first kappa shape index (κ1) is 13.2. The molecule has 114 valence electrons. The first-order chi connectivity index (χ1) is 10.2. The number of nitrogens with zero attached hydrogens (tertiary/aromatic N) is 4. The van der Waals surface area contributed by atoms with Crippen LogP contribution in [-0.4, -0.2) is 57.6 Å². The molecule has 0 radical (unpaired) electrons. The molecule has 1 amide bonds. The lowest BCUT2D eigenvalue weighted by Gasteiger charge is -2.25. The first-order valence-corrected chi connectivity index (χ1v) is 8.03. The number of hydrogen-bond donors (Lipinski definition) is 0. The fourth-order valence-corrected chi connectivity index (χ4v) is 3.89. The summed E-state index contributed by atoms with van der Waals surface area (Å²) < 4.78 is 5.07. The lowest BCUT2D eigenvalue weighted by atomic mass is 10.1. The van der Waals surface area contributed by atoms with Gasteiger partial charge in [-0.25, -0.2) is 0 Å². The van der Waals surface area contributed by atoms with Crippen LogP contribution in [0.25, 0.3) is 0 Å². The highest BCUT2D eigenvalue weighted by atomic mass is 16.5. The number of likely N-dealkylation sites (tertiary alicyclic amines) is 2. The molecular formula is C15H22N4O2. The van der Waals surface area contributed by atoms with Crippen LogP contribution in [0.4, 0.5) is 0 Å². The van der Waals surface area contributed by atoms with Crippen LogP contribution in [0.3, 0.4) is 0 Å². The van der Waals surface area contributed by atoms with Crippen molar-refractivity contribution >= 4 is 5.91 Å². The Morgan fingerprint density at radius 1 is 1.24 bits per heavy atom. The van der Waals surface area contributed by atoms with Gasteiger partial charge in [-0.2, -0.15) is 4.98 Å². The quantitative estimate of drug-likeness (QED) is 0.828. The van der Waals surface area contributed by atoms with Crippen LogP contribution >= 0.6 is 0 Å². The number of carbonyl (C=O) groups is 1. The van der Waals surface area contributed by atoms with Gasteiger partial charge < -0.3 is 9.42 Å². The molecule has 0 spiro atoms. The zero-order valence-corrected chi connectivity index (χ0v) is 12.5. The maximum Gasteiger partial charge on any atom is 0.236 e. The van der Waals surface area contributed by atoms with E-state index in [2.05, 4.69) is 19.9 Å². The second kappa shape index (κ2) is 5.09. The second-order valence-electron chi connectivity index (χ2n) is 6.65. The van der Waals surface area contributed by atoms with Gasteiger partial charge in [0.2, 0.25) is 11.8 Å². The van der Waals surface area contributed by atoms with E-state index in [0.29, 0.717) is 23.8 Å². The summed E-state index contributed by atoms with van der Waals surface area (Å²) in [7, 11) is 0. The molecule has 2 aliphatic heterocycles. The largest absolute Gasteiger partial charge is 0.339 e. The van der Waals surface area contributed by atoms with Crippen LogP contribution in [0.2, 0.25) is 0 Å². The maximum absolute atomic E-state index is 12.5. The Bertz CT molecular complexity index is 540. The lowest BCUT2D eigenvalue weighted by Crippen LogP contribution is -2.40. The summed E-state index contributed by atoms with van der Waals surface area (Å²) in [6, 6.07) is 0.985. The second-order valence-corrected chi connectivity index (χ2v) is 6.65. The third-order valence-corrected chi connectivity index (χ3v) is 5.07. The van der Waals surface area contributed by atoms with Gasteiger partial charge in [-0.15, -0.1) is 0 Å². The zero-order chi connectivity index (χ0) is 14.4. The summed E-state index contributed by atoms with van der Waals surface area (Å²) in [5.74, 6) is 2.09. The average Bonchev–Trinajstić information content (AvgIpc) is 2.84. The van der Waals surface area contributed by atoms with Gasteiger partial charge in [0.15, 0.2) is 5.82 Å². The SMILES string of the molecule is Cc1noc(CC(=O)N2CC[C@H]3[C@H]2CCN3CC2CC2)n1. The summed E-state index contributed by atoms with van der Waals surface area (Å²) in [6.07, 6.45) is 5.27. The molecule has 6 nitrogen and oxygen atoms in total. The number of aryl methyl sites for hydroxylation is 1. The molecule has 3 aliphatic rings. The molecule has 21 heavy (non-hydrogen) atoms. The van der Waals surface area contributed by atoms with E-state index in [-0.39, 0.29) is 12.3 Å². The van der Waals surface area contributed by atoms with Crippen molar-refractivity contribution in [2.45, 2.75) is 51.1 Å². The van der Waals surface area contributed by atoms with Crippen molar-refractivity contribution in [3.8, 4) is 0 Å². The molecule has 4 rings (SSSR count). The Kier molecular flexibility index (Phi) is 3.21. The summed E-state index contributed by atoms with van der Waals surface area (Å²) in [5, 5.41) is 3.75. The van der Waals surface area contributed by atoms with Crippen molar-refractivity contribution in [1.82, 2.24) is 19.9 Å². The minimum Gasteiger partial charge on any atom is -0.339 e. The van der Waals surface area contributed by atoms with Crippen LogP contribution < -0.4 is 0 Å². The van der Waals surface area contributed by atoms with Gasteiger partial charge in [0.05, 0.1) is 0 Å². The number of carbonyl (C=O) groups excluding carboxylic acids is 1. The molecule has 6 heteroatoms. The maximum atomic E-state index is 12.5. The van der Waals surface area contributed by atoms with Crippen molar-refractivity contribution in [2.75, 3.05) is 19.6 Å². The number of fused-ring (bicyclic) bond motifs is 1. The van der Waals surface area contributed by atoms with Gasteiger partial charge in [0, 0.05) is 31.7 Å². The molecule has 2 atom stereocenters. The van der Waals surface area contributed by atoms with Gasteiger partial charge in [0.1, 0.15) is 6.42 Å². The minimum absolute atomic E-state index is 0.138. The van der Waals surface area contributed by atoms with Crippen molar-refractivity contribution in [3.63, 3.8) is 0 Å². The lowest BCUT2D eigenvalue weighted by molar-refractivity contribution is -0.131. The molecular weight excluding hydrogens is 268 g/mol. The van der Waals surface area contributed by atoms with E-state index in [1.165, 1.54) is 19.4 Å². The minimum atomic E-state index is 0.138. The topological polar surface area (TPSA) is 62.5 Å². The molecule has 3 fully saturated rings. The highest BCUT2D eigenvalue weighted by Crippen LogP contribution is 2.36. The van der Waals surface area contributed by atoms with Gasteiger partial charge in [0.25, 0.3) is 0 Å². The molecule has 0 unspecified atom stereocenters. The molecule has 0 aromatic carbocycles. The van der Waals surface area contributed by atoms with Gasteiger partial charge >= 0.3 is 0 Å². The molecule has 1 saturated carbocycles. The molecule has 0 N–H and O–H groups in total. The highest BCUT2D eigenvalue weighted by Gasteiger charge is 2.45. The van der Waals surface area contributed by atoms with Gasteiger partial charge in [-0.05, 0) is 38.5 Å². The van der Waals surface area contributed by atoms with Gasteiger partial charge in [-0.1, -0.05) is 5.16 Å². The van der Waals surface area contributed by atoms with E-state index in [1.54, 1.807) is 6.92 Å². The summed E-state index contributed by atoms with van der Waals surface area (Å²) in [4.78, 5) is 21.3. The van der Waals surface area contributed by atoms with Crippen molar-refractivity contribution in [2.24, 2.45) is 5.92 Å². The molecule has 0 bridgehead atoms. The Labute approximate surface area is 124 Å². The van der Waals surface area contributed by atoms with E-state index < -0.39 is 0 Å². The molecule has 1 aliphatic carbocycles. The van der Waals surface area contributed by atoms with Crippen LogP contribution in [0.5, 0.6) is 0 Å². The number of amides is 1. The molecule has 3 heterocycles. The zero-order valence-electron chi connectivity index (χ0n) is 12.5. The Balaban J connectivity index is 1.39. The van der Waals surface area contributed by atoms with E-state index >= 15 is 0 Å². The number of aromatic nitrogens is 2. The van der Waals surface area contributed by atoms with Crippen molar-refractivity contribution < 1.29 is 9.32 Å². The summed E-state index contributed by atoms with van der Waals surface area (Å²) >= 11 is 0. The first-order valence-electron chi connectivity index (χ1n) is 8.03. The Morgan fingerprint density at radius 2 is 2.05 bits per heavy atom. The van der Waals surface area contributed by atoms with Crippen LogP contribution in [0, 0.1) is 12.8 Å².